The molecule has 0 spiro atoms. The van der Waals surface area contributed by atoms with Crippen molar-refractivity contribution in [3.63, 3.8) is 0 Å². The zero-order chi connectivity index (χ0) is 17.9. The van der Waals surface area contributed by atoms with Gasteiger partial charge in [0.1, 0.15) is 5.69 Å². The Labute approximate surface area is 142 Å². The first kappa shape index (κ1) is 17.0. The molecule has 6 nitrogen and oxygen atoms in total. The summed E-state index contributed by atoms with van der Waals surface area (Å²) in [6.07, 6.45) is 0.497. The highest BCUT2D eigenvalue weighted by molar-refractivity contribution is 5.47. The summed E-state index contributed by atoms with van der Waals surface area (Å²) in [6, 6.07) is 14.0. The van der Waals surface area contributed by atoms with Crippen molar-refractivity contribution in [1.29, 1.82) is 0 Å². The van der Waals surface area contributed by atoms with E-state index in [0.717, 1.165) is 5.56 Å². The molecule has 0 saturated heterocycles. The van der Waals surface area contributed by atoms with Crippen LogP contribution in [0.5, 0.6) is 5.88 Å². The van der Waals surface area contributed by atoms with Gasteiger partial charge in [0.05, 0.1) is 5.54 Å². The van der Waals surface area contributed by atoms with Crippen molar-refractivity contribution in [3.05, 3.63) is 60.0 Å². The van der Waals surface area contributed by atoms with Crippen LogP contribution in [-0.2, 0) is 12.0 Å². The summed E-state index contributed by atoms with van der Waals surface area (Å²) >= 11 is 0. The van der Waals surface area contributed by atoms with Crippen LogP contribution in [-0.4, -0.2) is 21.8 Å². The molecule has 2 N–H and O–H groups in total. The molecule has 2 aromatic heterocycles. The van der Waals surface area contributed by atoms with Crippen LogP contribution in [0.2, 0.25) is 0 Å². The van der Waals surface area contributed by atoms with Gasteiger partial charge >= 0.3 is 6.61 Å². The number of halogens is 2. The number of benzene rings is 1. The second kappa shape index (κ2) is 6.94. The highest BCUT2D eigenvalue weighted by Gasteiger charge is 2.29. The third kappa shape index (κ3) is 4.16. The first-order chi connectivity index (χ1) is 11.9. The van der Waals surface area contributed by atoms with Crippen LogP contribution < -0.4 is 10.5 Å². The van der Waals surface area contributed by atoms with E-state index in [1.165, 1.54) is 12.1 Å². The van der Waals surface area contributed by atoms with E-state index in [1.807, 2.05) is 30.3 Å². The highest BCUT2D eigenvalue weighted by Crippen LogP contribution is 2.25. The lowest BCUT2D eigenvalue weighted by atomic mass is 9.94. The van der Waals surface area contributed by atoms with E-state index in [4.69, 9.17) is 10.2 Å². The number of ether oxygens (including phenoxy) is 1. The van der Waals surface area contributed by atoms with Crippen molar-refractivity contribution in [1.82, 2.24) is 15.2 Å². The number of pyridine rings is 1. The Hall–Kier alpha value is -2.87. The van der Waals surface area contributed by atoms with Gasteiger partial charge in [-0.1, -0.05) is 36.4 Å². The molecule has 0 aliphatic heterocycles. The van der Waals surface area contributed by atoms with Crippen LogP contribution in [0.25, 0.3) is 11.6 Å². The molecule has 0 saturated carbocycles. The summed E-state index contributed by atoms with van der Waals surface area (Å²) < 4.78 is 34.5. The van der Waals surface area contributed by atoms with E-state index >= 15 is 0 Å². The Kier molecular flexibility index (Phi) is 4.71. The Morgan fingerprint density at radius 1 is 1.12 bits per heavy atom. The largest absolute Gasteiger partial charge is 0.417 e. The van der Waals surface area contributed by atoms with Crippen LogP contribution in [0.15, 0.2) is 52.9 Å². The van der Waals surface area contributed by atoms with Crippen LogP contribution in [0.1, 0.15) is 18.4 Å². The van der Waals surface area contributed by atoms with E-state index in [9.17, 15) is 8.78 Å². The van der Waals surface area contributed by atoms with Gasteiger partial charge in [-0.05, 0) is 25.0 Å². The van der Waals surface area contributed by atoms with Crippen molar-refractivity contribution in [2.75, 3.05) is 0 Å². The monoisotopic (exact) mass is 346 g/mol. The fourth-order valence-corrected chi connectivity index (χ4v) is 2.34. The zero-order valence-electron chi connectivity index (χ0n) is 13.4. The van der Waals surface area contributed by atoms with Gasteiger partial charge in [-0.3, -0.25) is 0 Å². The summed E-state index contributed by atoms with van der Waals surface area (Å²) in [6.45, 7) is -1.18. The summed E-state index contributed by atoms with van der Waals surface area (Å²) in [5.74, 6) is 0.0832. The Morgan fingerprint density at radius 2 is 1.88 bits per heavy atom. The van der Waals surface area contributed by atoms with Gasteiger partial charge < -0.3 is 14.9 Å². The lowest BCUT2D eigenvalue weighted by Gasteiger charge is -2.20. The van der Waals surface area contributed by atoms with E-state index in [2.05, 4.69) is 19.9 Å². The van der Waals surface area contributed by atoms with E-state index in [0.29, 0.717) is 6.42 Å². The Bertz CT molecular complexity index is 837. The molecule has 0 fully saturated rings. The van der Waals surface area contributed by atoms with Crippen molar-refractivity contribution >= 4 is 0 Å². The molecule has 0 radical (unpaired) electrons. The van der Waals surface area contributed by atoms with E-state index in [1.54, 1.807) is 13.0 Å². The molecule has 3 aromatic rings. The lowest BCUT2D eigenvalue weighted by molar-refractivity contribution is -0.0527. The van der Waals surface area contributed by atoms with Crippen molar-refractivity contribution in [3.8, 4) is 17.5 Å². The number of alkyl halides is 2. The first-order valence-electron chi connectivity index (χ1n) is 7.53. The molecule has 3 rings (SSSR count). The van der Waals surface area contributed by atoms with E-state index in [-0.39, 0.29) is 23.4 Å². The fraction of sp³-hybridized carbons (Fsp3) is 0.235. The maximum atomic E-state index is 12.3. The summed E-state index contributed by atoms with van der Waals surface area (Å²) in [7, 11) is 0. The third-order valence-electron chi connectivity index (χ3n) is 3.48. The smallest absolute Gasteiger partial charge is 0.388 e. The minimum Gasteiger partial charge on any atom is -0.417 e. The number of rotatable bonds is 6. The average Bonchev–Trinajstić information content (AvgIpc) is 3.06. The van der Waals surface area contributed by atoms with Gasteiger partial charge in [0, 0.05) is 6.07 Å². The molecular formula is C17H16F2N4O2. The van der Waals surface area contributed by atoms with Crippen LogP contribution >= 0.6 is 0 Å². The van der Waals surface area contributed by atoms with Crippen LogP contribution in [0.3, 0.4) is 0 Å². The second-order valence-corrected chi connectivity index (χ2v) is 5.73. The molecule has 25 heavy (non-hydrogen) atoms. The SMILES string of the molecule is C[C@](N)(Cc1ccccc1)c1nnc(-c2cccc(OC(F)F)n2)o1. The van der Waals surface area contributed by atoms with Gasteiger partial charge in [0.15, 0.2) is 0 Å². The number of hydrogen-bond acceptors (Lipinski definition) is 6. The summed E-state index contributed by atoms with van der Waals surface area (Å²) in [5, 5.41) is 7.89. The second-order valence-electron chi connectivity index (χ2n) is 5.73. The maximum Gasteiger partial charge on any atom is 0.388 e. The van der Waals surface area contributed by atoms with Crippen LogP contribution in [0, 0.1) is 0 Å². The minimum absolute atomic E-state index is 0.0828. The van der Waals surface area contributed by atoms with Crippen molar-refractivity contribution < 1.29 is 17.9 Å². The van der Waals surface area contributed by atoms with Gasteiger partial charge in [0.25, 0.3) is 5.89 Å². The van der Waals surface area contributed by atoms with E-state index < -0.39 is 12.2 Å². The molecule has 0 aliphatic carbocycles. The van der Waals surface area contributed by atoms with Gasteiger partial charge in [-0.25, -0.2) is 4.98 Å². The van der Waals surface area contributed by atoms with Crippen molar-refractivity contribution in [2.45, 2.75) is 25.5 Å². The zero-order valence-corrected chi connectivity index (χ0v) is 13.4. The van der Waals surface area contributed by atoms with Gasteiger partial charge in [-0.2, -0.15) is 8.78 Å². The molecular weight excluding hydrogens is 330 g/mol. The standard InChI is InChI=1S/C17H16F2N4O2/c1-17(20,10-11-6-3-2-4-7-11)15-23-22-14(25-15)12-8-5-9-13(21-12)24-16(18)19/h2-9,16H,10,20H2,1H3/t17-/m0/s1. The quantitative estimate of drug-likeness (QED) is 0.738. The topological polar surface area (TPSA) is 87.1 Å². The number of hydrogen-bond donors (Lipinski definition) is 1. The molecule has 2 heterocycles. The Morgan fingerprint density at radius 3 is 2.60 bits per heavy atom. The Balaban J connectivity index is 1.82. The first-order valence-corrected chi connectivity index (χ1v) is 7.53. The predicted octanol–water partition coefficient (Wildman–Crippen LogP) is 3.15. The normalized spacial score (nSPS) is 13.6. The lowest BCUT2D eigenvalue weighted by Crippen LogP contribution is -2.35. The predicted molar refractivity (Wildman–Crippen MR) is 85.8 cm³/mol. The molecule has 0 bridgehead atoms. The third-order valence-corrected chi connectivity index (χ3v) is 3.48. The molecule has 8 heteroatoms. The molecule has 0 aliphatic rings. The summed E-state index contributed by atoms with van der Waals surface area (Å²) in [4.78, 5) is 3.92. The summed E-state index contributed by atoms with van der Waals surface area (Å²) in [5.41, 5.74) is 6.69. The van der Waals surface area contributed by atoms with Gasteiger partial charge in [0.2, 0.25) is 11.8 Å². The molecule has 1 atom stereocenters. The fourth-order valence-electron chi connectivity index (χ4n) is 2.34. The molecule has 0 amide bonds. The molecule has 130 valence electrons. The number of nitrogens with zero attached hydrogens (tertiary/aromatic N) is 3. The molecule has 1 aromatic carbocycles. The number of nitrogens with two attached hydrogens (primary N) is 1. The molecule has 0 unspecified atom stereocenters. The minimum atomic E-state index is -2.96. The van der Waals surface area contributed by atoms with Crippen LogP contribution in [0.4, 0.5) is 8.78 Å². The maximum absolute atomic E-state index is 12.3. The van der Waals surface area contributed by atoms with Gasteiger partial charge in [-0.15, -0.1) is 10.2 Å². The highest BCUT2D eigenvalue weighted by atomic mass is 19.3. The average molecular weight is 346 g/mol. The van der Waals surface area contributed by atoms with Crippen molar-refractivity contribution in [2.24, 2.45) is 5.73 Å². The number of aromatic nitrogens is 3.